The lowest BCUT2D eigenvalue weighted by Gasteiger charge is -2.40. The Hall–Kier alpha value is -6.60. The number of fused-ring (bicyclic) bond motifs is 1. The molecule has 0 spiro atoms. The summed E-state index contributed by atoms with van der Waals surface area (Å²) in [6.07, 6.45) is 1.99. The smallest absolute Gasteiger partial charge is 0.104 e. The van der Waals surface area contributed by atoms with Crippen molar-refractivity contribution in [1.82, 2.24) is 26.6 Å². The highest BCUT2D eigenvalue weighted by Gasteiger charge is 2.31. The topological polar surface area (TPSA) is 60.1 Å². The third-order valence-electron chi connectivity index (χ3n) is 11.5. The van der Waals surface area contributed by atoms with Gasteiger partial charge in [-0.3, -0.25) is 21.3 Å². The molecule has 0 aliphatic carbocycles. The van der Waals surface area contributed by atoms with Gasteiger partial charge >= 0.3 is 0 Å². The molecule has 0 saturated carbocycles. The molecule has 0 aromatic heterocycles. The molecule has 5 nitrogen and oxygen atoms in total. The maximum atomic E-state index is 3.93. The number of hydrogen-bond acceptors (Lipinski definition) is 5. The Kier molecular flexibility index (Phi) is 9.94. The van der Waals surface area contributed by atoms with Crippen LogP contribution in [0.2, 0.25) is 0 Å². The van der Waals surface area contributed by atoms with Crippen molar-refractivity contribution in [2.75, 3.05) is 0 Å². The van der Waals surface area contributed by atoms with Gasteiger partial charge in [0.05, 0.1) is 24.5 Å². The standard InChI is InChI=1S/C53H45N5/c1-5-15-36(16-6-1)37-25-31-44(32-26-37)50-54-47(39-18-7-2-8-19-39)35-48(55-50)40-27-29-41(30-28-40)49-45-24-14-13-17-38(45)33-34-46(49)53-57-51(42-20-9-3-10-21-42)56-52(58-53)43-22-11-4-12-23-43/h1-35,48,50-58H. The van der Waals surface area contributed by atoms with E-state index >= 15 is 0 Å². The second kappa shape index (κ2) is 16.1. The van der Waals surface area contributed by atoms with Gasteiger partial charge < -0.3 is 5.32 Å². The zero-order valence-electron chi connectivity index (χ0n) is 32.1. The molecule has 58 heavy (non-hydrogen) atoms. The first-order valence-electron chi connectivity index (χ1n) is 20.2. The predicted octanol–water partition coefficient (Wildman–Crippen LogP) is 11.3. The molecule has 5 heteroatoms. The first-order chi connectivity index (χ1) is 28.7. The van der Waals surface area contributed by atoms with Crippen LogP contribution >= 0.6 is 0 Å². The highest BCUT2D eigenvalue weighted by atomic mass is 15.4. The Morgan fingerprint density at radius 3 is 1.43 bits per heavy atom. The molecule has 8 aromatic rings. The summed E-state index contributed by atoms with van der Waals surface area (Å²) < 4.78 is 0. The molecule has 282 valence electrons. The molecule has 1 saturated heterocycles. The van der Waals surface area contributed by atoms with Crippen molar-refractivity contribution < 1.29 is 0 Å². The van der Waals surface area contributed by atoms with Gasteiger partial charge in [0.25, 0.3) is 0 Å². The van der Waals surface area contributed by atoms with Gasteiger partial charge in [-0.1, -0.05) is 206 Å². The highest BCUT2D eigenvalue weighted by Crippen LogP contribution is 2.39. The van der Waals surface area contributed by atoms with Crippen LogP contribution in [0.15, 0.2) is 212 Å². The molecule has 8 aromatic carbocycles. The minimum Gasteiger partial charge on any atom is -0.366 e. The molecule has 4 atom stereocenters. The van der Waals surface area contributed by atoms with Crippen molar-refractivity contribution in [2.24, 2.45) is 0 Å². The van der Waals surface area contributed by atoms with Gasteiger partial charge in [0.1, 0.15) is 6.17 Å². The van der Waals surface area contributed by atoms with Gasteiger partial charge in [0.15, 0.2) is 0 Å². The average Bonchev–Trinajstić information content (AvgIpc) is 3.32. The molecular weight excluding hydrogens is 707 g/mol. The molecule has 0 radical (unpaired) electrons. The first kappa shape index (κ1) is 35.8. The van der Waals surface area contributed by atoms with E-state index in [1.165, 1.54) is 66.4 Å². The maximum absolute atomic E-state index is 3.93. The average molecular weight is 752 g/mol. The number of hydrogen-bond donors (Lipinski definition) is 5. The van der Waals surface area contributed by atoms with E-state index < -0.39 is 0 Å². The zero-order chi connectivity index (χ0) is 38.7. The molecule has 10 rings (SSSR count). The summed E-state index contributed by atoms with van der Waals surface area (Å²) in [4.78, 5) is 0. The van der Waals surface area contributed by atoms with Crippen LogP contribution in [0.5, 0.6) is 0 Å². The minimum atomic E-state index is -0.132. The van der Waals surface area contributed by atoms with Gasteiger partial charge in [-0.2, -0.15) is 0 Å². The van der Waals surface area contributed by atoms with Crippen LogP contribution in [0.3, 0.4) is 0 Å². The summed E-state index contributed by atoms with van der Waals surface area (Å²) in [5, 5.41) is 21.9. The first-order valence-corrected chi connectivity index (χ1v) is 20.2. The largest absolute Gasteiger partial charge is 0.366 e. The van der Waals surface area contributed by atoms with E-state index in [-0.39, 0.29) is 30.7 Å². The molecule has 2 heterocycles. The quantitative estimate of drug-likeness (QED) is 0.107. The van der Waals surface area contributed by atoms with Crippen LogP contribution in [-0.2, 0) is 0 Å². The lowest BCUT2D eigenvalue weighted by molar-refractivity contribution is 0.203. The molecule has 5 N–H and O–H groups in total. The van der Waals surface area contributed by atoms with E-state index in [1.807, 2.05) is 0 Å². The fraction of sp³-hybridized carbons (Fsp3) is 0.0943. The fourth-order valence-corrected chi connectivity index (χ4v) is 8.52. The van der Waals surface area contributed by atoms with E-state index in [4.69, 9.17) is 0 Å². The van der Waals surface area contributed by atoms with Gasteiger partial charge in [0, 0.05) is 5.70 Å². The lowest BCUT2D eigenvalue weighted by atomic mass is 9.89. The lowest BCUT2D eigenvalue weighted by Crippen LogP contribution is -2.54. The van der Waals surface area contributed by atoms with E-state index in [0.29, 0.717) is 0 Å². The van der Waals surface area contributed by atoms with Crippen LogP contribution in [0.4, 0.5) is 0 Å². The summed E-state index contributed by atoms with van der Waals surface area (Å²) >= 11 is 0. The van der Waals surface area contributed by atoms with Crippen molar-refractivity contribution in [3.05, 3.63) is 246 Å². The second-order valence-electron chi connectivity index (χ2n) is 15.1. The van der Waals surface area contributed by atoms with E-state index in [9.17, 15) is 0 Å². The van der Waals surface area contributed by atoms with Crippen molar-refractivity contribution in [2.45, 2.75) is 30.7 Å². The summed E-state index contributed by atoms with van der Waals surface area (Å²) in [5.41, 5.74) is 13.1. The minimum absolute atomic E-state index is 0.0118. The predicted molar refractivity (Wildman–Crippen MR) is 238 cm³/mol. The van der Waals surface area contributed by atoms with E-state index in [1.54, 1.807) is 0 Å². The fourth-order valence-electron chi connectivity index (χ4n) is 8.52. The summed E-state index contributed by atoms with van der Waals surface area (Å²) in [7, 11) is 0. The SMILES string of the molecule is C1=C(c2ccccc2)NC(c2ccc(-c3ccccc3)cc2)NC1c1ccc(-c2c(C3NC(c4ccccc4)NC(c4ccccc4)N3)ccc3ccccc23)cc1. The zero-order valence-corrected chi connectivity index (χ0v) is 32.1. The van der Waals surface area contributed by atoms with Gasteiger partial charge in [0.2, 0.25) is 0 Å². The molecule has 0 amide bonds. The maximum Gasteiger partial charge on any atom is 0.104 e. The van der Waals surface area contributed by atoms with Crippen LogP contribution in [0, 0.1) is 0 Å². The number of benzene rings is 8. The molecule has 0 bridgehead atoms. The van der Waals surface area contributed by atoms with Crippen LogP contribution in [0.25, 0.3) is 38.7 Å². The Labute approximate surface area is 340 Å². The number of nitrogens with one attached hydrogen (secondary N) is 5. The number of rotatable bonds is 8. The Balaban J connectivity index is 1.01. The second-order valence-corrected chi connectivity index (χ2v) is 15.1. The summed E-state index contributed by atoms with van der Waals surface area (Å²) in [5.74, 6) is 0. The third-order valence-corrected chi connectivity index (χ3v) is 11.5. The van der Waals surface area contributed by atoms with E-state index in [0.717, 1.165) is 5.70 Å². The highest BCUT2D eigenvalue weighted by molar-refractivity contribution is 5.98. The molecule has 2 aliphatic heterocycles. The van der Waals surface area contributed by atoms with Crippen LogP contribution < -0.4 is 26.6 Å². The van der Waals surface area contributed by atoms with Gasteiger partial charge in [-0.15, -0.1) is 0 Å². The molecule has 4 unspecified atom stereocenters. The van der Waals surface area contributed by atoms with Crippen molar-refractivity contribution >= 4 is 16.5 Å². The Bertz CT molecular complexity index is 2600. The van der Waals surface area contributed by atoms with Crippen molar-refractivity contribution in [1.29, 1.82) is 0 Å². The molecule has 1 fully saturated rings. The van der Waals surface area contributed by atoms with Gasteiger partial charge in [-0.25, -0.2) is 0 Å². The van der Waals surface area contributed by atoms with E-state index in [2.05, 4.69) is 239 Å². The third kappa shape index (κ3) is 7.36. The normalized spacial score (nSPS) is 20.6. The molecular formula is C53H45N5. The Morgan fingerprint density at radius 1 is 0.310 bits per heavy atom. The summed E-state index contributed by atoms with van der Waals surface area (Å²) in [6, 6.07) is 73.9. The van der Waals surface area contributed by atoms with Crippen LogP contribution in [0.1, 0.15) is 64.1 Å². The van der Waals surface area contributed by atoms with Crippen molar-refractivity contribution in [3.63, 3.8) is 0 Å². The Morgan fingerprint density at radius 2 is 0.793 bits per heavy atom. The van der Waals surface area contributed by atoms with Crippen molar-refractivity contribution in [3.8, 4) is 22.3 Å². The summed E-state index contributed by atoms with van der Waals surface area (Å²) in [6.45, 7) is 0. The monoisotopic (exact) mass is 751 g/mol. The van der Waals surface area contributed by atoms with Gasteiger partial charge in [-0.05, 0) is 72.5 Å². The molecule has 2 aliphatic rings. The van der Waals surface area contributed by atoms with Crippen LogP contribution in [-0.4, -0.2) is 0 Å².